The quantitative estimate of drug-likeness (QED) is 0.599. The second-order valence-electron chi connectivity index (χ2n) is 6.91. The van der Waals surface area contributed by atoms with E-state index in [1.165, 1.54) is 12.1 Å². The number of para-hydroxylation sites is 1. The summed E-state index contributed by atoms with van der Waals surface area (Å²) in [6, 6.07) is 14.7. The summed E-state index contributed by atoms with van der Waals surface area (Å²) in [5, 5.41) is 3.43. The number of nitrogens with zero attached hydrogens (tertiary/aromatic N) is 1. The summed E-state index contributed by atoms with van der Waals surface area (Å²) < 4.78 is 18.5. The van der Waals surface area contributed by atoms with E-state index in [1.54, 1.807) is 36.4 Å². The van der Waals surface area contributed by atoms with Crippen molar-refractivity contribution in [2.45, 2.75) is 32.7 Å². The Morgan fingerprint density at radius 3 is 2.59 bits per heavy atom. The lowest BCUT2D eigenvalue weighted by Gasteiger charge is -2.13. The first-order chi connectivity index (χ1) is 14.0. The first-order valence-electron chi connectivity index (χ1n) is 9.60. The molecular formula is C23H23FN2O3. The molecule has 1 heterocycles. The van der Waals surface area contributed by atoms with E-state index in [9.17, 15) is 14.0 Å². The van der Waals surface area contributed by atoms with Gasteiger partial charge in [0.2, 0.25) is 0 Å². The molecule has 5 nitrogen and oxygen atoms in total. The fourth-order valence-electron chi connectivity index (χ4n) is 3.14. The van der Waals surface area contributed by atoms with Crippen LogP contribution in [0.3, 0.4) is 0 Å². The van der Waals surface area contributed by atoms with Crippen LogP contribution in [0.5, 0.6) is 0 Å². The van der Waals surface area contributed by atoms with Crippen LogP contribution in [0, 0.1) is 5.82 Å². The first-order valence-corrected chi connectivity index (χ1v) is 9.60. The first kappa shape index (κ1) is 20.5. The molecule has 0 saturated carbocycles. The van der Waals surface area contributed by atoms with Gasteiger partial charge in [-0.3, -0.25) is 4.79 Å². The normalized spacial score (nSPS) is 11.8. The van der Waals surface area contributed by atoms with Crippen molar-refractivity contribution in [2.75, 3.05) is 6.61 Å². The van der Waals surface area contributed by atoms with Crippen molar-refractivity contribution in [2.24, 2.45) is 0 Å². The van der Waals surface area contributed by atoms with Crippen LogP contribution >= 0.6 is 0 Å². The Kier molecular flexibility index (Phi) is 6.54. The SMILES string of the molecule is CCC[C@@H](C)NC(=O)COC(=O)c1cc(-c2ccc(F)cc2)nc2ccccc12. The molecule has 29 heavy (non-hydrogen) atoms. The van der Waals surface area contributed by atoms with Crippen molar-refractivity contribution in [1.82, 2.24) is 10.3 Å². The standard InChI is InChI=1S/C23H23FN2O3/c1-3-6-15(2)25-22(27)14-29-23(28)19-13-21(16-9-11-17(24)12-10-16)26-20-8-5-4-7-18(19)20/h4-5,7-13,15H,3,6,14H2,1-2H3,(H,25,27)/t15-/m1/s1. The minimum Gasteiger partial charge on any atom is -0.452 e. The lowest BCUT2D eigenvalue weighted by molar-refractivity contribution is -0.124. The number of benzene rings is 2. The van der Waals surface area contributed by atoms with Gasteiger partial charge < -0.3 is 10.1 Å². The van der Waals surface area contributed by atoms with Gasteiger partial charge in [-0.15, -0.1) is 0 Å². The van der Waals surface area contributed by atoms with Crippen molar-refractivity contribution >= 4 is 22.8 Å². The maximum atomic E-state index is 13.2. The molecule has 0 radical (unpaired) electrons. The Balaban J connectivity index is 1.84. The minimum absolute atomic E-state index is 0.0260. The highest BCUT2D eigenvalue weighted by Gasteiger charge is 2.17. The summed E-state index contributed by atoms with van der Waals surface area (Å²) in [5.74, 6) is -1.29. The van der Waals surface area contributed by atoms with Gasteiger partial charge in [0.05, 0.1) is 16.8 Å². The smallest absolute Gasteiger partial charge is 0.339 e. The summed E-state index contributed by atoms with van der Waals surface area (Å²) >= 11 is 0. The molecule has 0 saturated heterocycles. The van der Waals surface area contributed by atoms with E-state index in [-0.39, 0.29) is 24.4 Å². The molecule has 3 aromatic rings. The molecule has 0 spiro atoms. The number of pyridine rings is 1. The predicted octanol–water partition coefficient (Wildman–Crippen LogP) is 4.50. The van der Waals surface area contributed by atoms with Gasteiger partial charge >= 0.3 is 5.97 Å². The number of hydrogen-bond donors (Lipinski definition) is 1. The maximum Gasteiger partial charge on any atom is 0.339 e. The predicted molar refractivity (Wildman–Crippen MR) is 110 cm³/mol. The Labute approximate surface area is 168 Å². The highest BCUT2D eigenvalue weighted by Crippen LogP contribution is 2.25. The van der Waals surface area contributed by atoms with E-state index in [4.69, 9.17) is 4.74 Å². The molecule has 0 bridgehead atoms. The van der Waals surface area contributed by atoms with E-state index in [2.05, 4.69) is 10.3 Å². The summed E-state index contributed by atoms with van der Waals surface area (Å²) in [6.07, 6.45) is 1.81. The highest BCUT2D eigenvalue weighted by atomic mass is 19.1. The summed E-state index contributed by atoms with van der Waals surface area (Å²) in [5.41, 5.74) is 2.13. The van der Waals surface area contributed by atoms with Crippen molar-refractivity contribution in [1.29, 1.82) is 0 Å². The molecule has 1 atom stereocenters. The molecule has 0 aliphatic rings. The van der Waals surface area contributed by atoms with Gasteiger partial charge in [-0.05, 0) is 49.7 Å². The summed E-state index contributed by atoms with van der Waals surface area (Å²) in [7, 11) is 0. The van der Waals surface area contributed by atoms with E-state index in [0.29, 0.717) is 27.7 Å². The lowest BCUT2D eigenvalue weighted by Crippen LogP contribution is -2.35. The molecule has 0 aliphatic heterocycles. The molecule has 1 amide bonds. The molecule has 0 unspecified atom stereocenters. The van der Waals surface area contributed by atoms with Crippen molar-refractivity contribution in [3.05, 3.63) is 66.0 Å². The van der Waals surface area contributed by atoms with Crippen LogP contribution < -0.4 is 5.32 Å². The van der Waals surface area contributed by atoms with Gasteiger partial charge in [0.1, 0.15) is 5.82 Å². The Bertz CT molecular complexity index is 1020. The third kappa shape index (κ3) is 5.16. The Morgan fingerprint density at radius 2 is 1.86 bits per heavy atom. The molecule has 0 fully saturated rings. The van der Waals surface area contributed by atoms with Crippen LogP contribution in [-0.4, -0.2) is 29.5 Å². The van der Waals surface area contributed by atoms with Gasteiger partial charge in [0.25, 0.3) is 5.91 Å². The molecular weight excluding hydrogens is 371 g/mol. The zero-order valence-corrected chi connectivity index (χ0v) is 16.4. The number of aromatic nitrogens is 1. The number of carbonyl (C=O) groups excluding carboxylic acids is 2. The van der Waals surface area contributed by atoms with Gasteiger partial charge in [0, 0.05) is 17.0 Å². The molecule has 0 aliphatic carbocycles. The third-order valence-electron chi connectivity index (χ3n) is 4.54. The summed E-state index contributed by atoms with van der Waals surface area (Å²) in [6.45, 7) is 3.60. The van der Waals surface area contributed by atoms with E-state index in [1.807, 2.05) is 19.9 Å². The Morgan fingerprint density at radius 1 is 1.14 bits per heavy atom. The zero-order chi connectivity index (χ0) is 20.8. The van der Waals surface area contributed by atoms with Crippen LogP contribution in [-0.2, 0) is 9.53 Å². The third-order valence-corrected chi connectivity index (χ3v) is 4.54. The fourth-order valence-corrected chi connectivity index (χ4v) is 3.14. The average molecular weight is 394 g/mol. The number of esters is 1. The largest absolute Gasteiger partial charge is 0.452 e. The van der Waals surface area contributed by atoms with Gasteiger partial charge in [-0.2, -0.15) is 0 Å². The Hall–Kier alpha value is -3.28. The number of fused-ring (bicyclic) bond motifs is 1. The second kappa shape index (κ2) is 9.28. The van der Waals surface area contributed by atoms with Gasteiger partial charge in [-0.25, -0.2) is 14.2 Å². The van der Waals surface area contributed by atoms with Crippen LogP contribution in [0.25, 0.3) is 22.2 Å². The highest BCUT2D eigenvalue weighted by molar-refractivity contribution is 6.05. The van der Waals surface area contributed by atoms with Crippen LogP contribution in [0.2, 0.25) is 0 Å². The number of ether oxygens (including phenoxy) is 1. The zero-order valence-electron chi connectivity index (χ0n) is 16.4. The van der Waals surface area contributed by atoms with E-state index >= 15 is 0 Å². The molecule has 1 aromatic heterocycles. The molecule has 3 rings (SSSR count). The number of carbonyl (C=O) groups is 2. The van der Waals surface area contributed by atoms with E-state index in [0.717, 1.165) is 12.8 Å². The summed E-state index contributed by atoms with van der Waals surface area (Å²) in [4.78, 5) is 29.3. The molecule has 150 valence electrons. The monoisotopic (exact) mass is 394 g/mol. The van der Waals surface area contributed by atoms with Gasteiger partial charge in [0.15, 0.2) is 6.61 Å². The number of rotatable bonds is 7. The van der Waals surface area contributed by atoms with Crippen LogP contribution in [0.15, 0.2) is 54.6 Å². The number of amides is 1. The van der Waals surface area contributed by atoms with Gasteiger partial charge in [-0.1, -0.05) is 31.5 Å². The number of nitrogens with one attached hydrogen (secondary N) is 1. The lowest BCUT2D eigenvalue weighted by atomic mass is 10.0. The average Bonchev–Trinajstić information content (AvgIpc) is 2.72. The second-order valence-corrected chi connectivity index (χ2v) is 6.91. The number of hydrogen-bond acceptors (Lipinski definition) is 4. The molecule has 6 heteroatoms. The van der Waals surface area contributed by atoms with Crippen molar-refractivity contribution in [3.63, 3.8) is 0 Å². The van der Waals surface area contributed by atoms with Crippen LogP contribution in [0.4, 0.5) is 4.39 Å². The number of halogens is 1. The maximum absolute atomic E-state index is 13.2. The minimum atomic E-state index is -0.606. The molecule has 1 N–H and O–H groups in total. The van der Waals surface area contributed by atoms with Crippen molar-refractivity contribution < 1.29 is 18.7 Å². The fraction of sp³-hybridized carbons (Fsp3) is 0.261. The van der Waals surface area contributed by atoms with Crippen LogP contribution in [0.1, 0.15) is 37.0 Å². The van der Waals surface area contributed by atoms with E-state index < -0.39 is 5.97 Å². The topological polar surface area (TPSA) is 68.3 Å². The molecule has 2 aromatic carbocycles. The van der Waals surface area contributed by atoms with Crippen molar-refractivity contribution in [3.8, 4) is 11.3 Å².